The molecule has 1 aliphatic rings. The van der Waals surface area contributed by atoms with E-state index in [1.807, 2.05) is 12.3 Å². The van der Waals surface area contributed by atoms with Gasteiger partial charge in [-0.2, -0.15) is 0 Å². The van der Waals surface area contributed by atoms with Crippen LogP contribution in [0.5, 0.6) is 0 Å². The first-order chi connectivity index (χ1) is 9.78. The maximum atomic E-state index is 6.34. The Morgan fingerprint density at radius 2 is 1.75 bits per heavy atom. The van der Waals surface area contributed by atoms with E-state index < -0.39 is 0 Å². The van der Waals surface area contributed by atoms with Crippen LogP contribution in [-0.2, 0) is 18.7 Å². The van der Waals surface area contributed by atoms with E-state index >= 15 is 0 Å². The van der Waals surface area contributed by atoms with Gasteiger partial charge in [0.1, 0.15) is 5.82 Å². The quantitative estimate of drug-likeness (QED) is 0.777. The highest BCUT2D eigenvalue weighted by atomic mass is 35.5. The Labute approximate surface area is 129 Å². The maximum absolute atomic E-state index is 6.34. The molecule has 0 saturated heterocycles. The van der Waals surface area contributed by atoms with Gasteiger partial charge in [-0.25, -0.2) is 4.98 Å². The number of halogens is 2. The fraction of sp³-hybridized carbons (Fsp3) is 0.312. The molecule has 0 N–H and O–H groups in total. The van der Waals surface area contributed by atoms with Crippen molar-refractivity contribution in [3.05, 3.63) is 58.2 Å². The Morgan fingerprint density at radius 1 is 1.10 bits per heavy atom. The van der Waals surface area contributed by atoms with Crippen molar-refractivity contribution in [2.24, 2.45) is 0 Å². The molecule has 3 rings (SSSR count). The van der Waals surface area contributed by atoms with Crippen molar-refractivity contribution in [1.82, 2.24) is 4.98 Å². The van der Waals surface area contributed by atoms with E-state index in [-0.39, 0.29) is 0 Å². The molecule has 0 fully saturated rings. The van der Waals surface area contributed by atoms with Crippen LogP contribution in [0, 0.1) is 0 Å². The lowest BCUT2D eigenvalue weighted by Gasteiger charge is -2.22. The molecule has 0 amide bonds. The lowest BCUT2D eigenvalue weighted by molar-refractivity contribution is 0.790. The number of pyridine rings is 1. The summed E-state index contributed by atoms with van der Waals surface area (Å²) in [5, 5.41) is 0.689. The average molecular weight is 307 g/mol. The number of benzene rings is 1. The monoisotopic (exact) mass is 306 g/mol. The largest absolute Gasteiger partial charge is 0.355 e. The normalized spacial score (nSPS) is 14.8. The summed E-state index contributed by atoms with van der Waals surface area (Å²) in [7, 11) is 0. The molecule has 2 nitrogen and oxygen atoms in total. The lowest BCUT2D eigenvalue weighted by atomic mass is 10.0. The molecule has 20 heavy (non-hydrogen) atoms. The molecule has 0 atom stereocenters. The van der Waals surface area contributed by atoms with E-state index in [4.69, 9.17) is 23.2 Å². The van der Waals surface area contributed by atoms with Crippen molar-refractivity contribution in [3.8, 4) is 0 Å². The molecule has 4 heteroatoms. The molecule has 0 aliphatic carbocycles. The first kappa shape index (κ1) is 13.7. The van der Waals surface area contributed by atoms with Gasteiger partial charge < -0.3 is 4.90 Å². The molecule has 0 unspecified atom stereocenters. The molecule has 1 aromatic heterocycles. The molecule has 0 radical (unpaired) electrons. The molecule has 2 aromatic rings. The van der Waals surface area contributed by atoms with Crippen LogP contribution in [0.2, 0.25) is 5.02 Å². The number of alkyl halides is 1. The highest BCUT2D eigenvalue weighted by Crippen LogP contribution is 2.27. The summed E-state index contributed by atoms with van der Waals surface area (Å²) in [5.74, 6) is 1.31. The van der Waals surface area contributed by atoms with Gasteiger partial charge in [0, 0.05) is 25.2 Å². The predicted molar refractivity (Wildman–Crippen MR) is 84.9 cm³/mol. The van der Waals surface area contributed by atoms with Gasteiger partial charge in [0.05, 0.1) is 5.02 Å². The lowest BCUT2D eigenvalue weighted by Crippen LogP contribution is -2.27. The molecular formula is C16H16Cl2N2. The first-order valence-corrected chi connectivity index (χ1v) is 7.71. The third-order valence-electron chi connectivity index (χ3n) is 3.75. The minimum atomic E-state index is 0.443. The van der Waals surface area contributed by atoms with Crippen molar-refractivity contribution in [1.29, 1.82) is 0 Å². The Morgan fingerprint density at radius 3 is 2.30 bits per heavy atom. The van der Waals surface area contributed by atoms with Crippen molar-refractivity contribution < 1.29 is 0 Å². The van der Waals surface area contributed by atoms with Gasteiger partial charge >= 0.3 is 0 Å². The summed E-state index contributed by atoms with van der Waals surface area (Å²) >= 11 is 12.2. The molecule has 104 valence electrons. The summed E-state index contributed by atoms with van der Waals surface area (Å²) in [4.78, 5) is 6.75. The van der Waals surface area contributed by atoms with E-state index in [1.165, 1.54) is 11.1 Å². The van der Waals surface area contributed by atoms with Crippen LogP contribution in [0.15, 0.2) is 36.5 Å². The molecule has 1 aromatic carbocycles. The number of fused-ring (bicyclic) bond motifs is 1. The van der Waals surface area contributed by atoms with E-state index in [2.05, 4.69) is 34.1 Å². The maximum Gasteiger partial charge on any atom is 0.147 e. The van der Waals surface area contributed by atoms with Crippen molar-refractivity contribution in [3.63, 3.8) is 0 Å². The zero-order valence-corrected chi connectivity index (χ0v) is 12.7. The molecule has 1 aliphatic heterocycles. The number of rotatable bonds is 2. The average Bonchev–Trinajstić information content (AvgIpc) is 2.70. The molecule has 2 heterocycles. The van der Waals surface area contributed by atoms with Gasteiger partial charge in [0.25, 0.3) is 0 Å². The Balaban J connectivity index is 1.83. The fourth-order valence-electron chi connectivity index (χ4n) is 2.66. The third kappa shape index (κ3) is 2.77. The summed E-state index contributed by atoms with van der Waals surface area (Å²) in [6.45, 7) is 1.90. The van der Waals surface area contributed by atoms with Crippen LogP contribution >= 0.6 is 23.2 Å². The number of anilines is 1. The SMILES string of the molecule is ClCc1cnc(N2CCc3ccccc3CC2)c(Cl)c1. The van der Waals surface area contributed by atoms with Crippen molar-refractivity contribution in [2.45, 2.75) is 18.7 Å². The van der Waals surface area contributed by atoms with Gasteiger partial charge in [-0.1, -0.05) is 35.9 Å². The zero-order chi connectivity index (χ0) is 13.9. The van der Waals surface area contributed by atoms with E-state index in [9.17, 15) is 0 Å². The second-order valence-electron chi connectivity index (χ2n) is 5.04. The van der Waals surface area contributed by atoms with Crippen molar-refractivity contribution in [2.75, 3.05) is 18.0 Å². The van der Waals surface area contributed by atoms with Crippen LogP contribution in [0.3, 0.4) is 0 Å². The summed E-state index contributed by atoms with van der Waals surface area (Å²) in [6.07, 6.45) is 3.88. The standard InChI is InChI=1S/C16H16Cl2N2/c17-10-12-9-15(18)16(19-11-12)20-7-5-13-3-1-2-4-14(13)6-8-20/h1-4,9,11H,5-8,10H2. The van der Waals surface area contributed by atoms with Gasteiger partial charge in [-0.3, -0.25) is 0 Å². The third-order valence-corrected chi connectivity index (χ3v) is 4.34. The van der Waals surface area contributed by atoms with E-state index in [0.29, 0.717) is 10.9 Å². The number of hydrogen-bond acceptors (Lipinski definition) is 2. The minimum absolute atomic E-state index is 0.443. The highest BCUT2D eigenvalue weighted by Gasteiger charge is 2.17. The van der Waals surface area contributed by atoms with Gasteiger partial charge in [-0.15, -0.1) is 11.6 Å². The summed E-state index contributed by atoms with van der Waals surface area (Å²) < 4.78 is 0. The van der Waals surface area contributed by atoms with Crippen LogP contribution < -0.4 is 4.90 Å². The topological polar surface area (TPSA) is 16.1 Å². The van der Waals surface area contributed by atoms with Crippen LogP contribution in [0.4, 0.5) is 5.82 Å². The molecule has 0 saturated carbocycles. The smallest absolute Gasteiger partial charge is 0.147 e. The van der Waals surface area contributed by atoms with Gasteiger partial charge in [-0.05, 0) is 35.6 Å². The fourth-order valence-corrected chi connectivity index (χ4v) is 3.11. The number of aromatic nitrogens is 1. The summed E-state index contributed by atoms with van der Waals surface area (Å²) in [6, 6.07) is 10.5. The van der Waals surface area contributed by atoms with Crippen LogP contribution in [0.1, 0.15) is 16.7 Å². The second-order valence-corrected chi connectivity index (χ2v) is 5.71. The van der Waals surface area contributed by atoms with E-state index in [0.717, 1.165) is 37.3 Å². The minimum Gasteiger partial charge on any atom is -0.355 e. The Kier molecular flexibility index (Phi) is 4.13. The highest BCUT2D eigenvalue weighted by molar-refractivity contribution is 6.33. The molecular weight excluding hydrogens is 291 g/mol. The van der Waals surface area contributed by atoms with Gasteiger partial charge in [0.2, 0.25) is 0 Å². The number of nitrogens with zero attached hydrogens (tertiary/aromatic N) is 2. The zero-order valence-electron chi connectivity index (χ0n) is 11.1. The second kappa shape index (κ2) is 6.02. The number of hydrogen-bond donors (Lipinski definition) is 0. The molecule has 0 bridgehead atoms. The predicted octanol–water partition coefficient (Wildman–Crippen LogP) is 4.08. The van der Waals surface area contributed by atoms with Crippen LogP contribution in [0.25, 0.3) is 0 Å². The van der Waals surface area contributed by atoms with Crippen LogP contribution in [-0.4, -0.2) is 18.1 Å². The Hall–Kier alpha value is -1.25. The molecule has 0 spiro atoms. The first-order valence-electron chi connectivity index (χ1n) is 6.80. The summed E-state index contributed by atoms with van der Waals surface area (Å²) in [5.41, 5.74) is 3.82. The van der Waals surface area contributed by atoms with Gasteiger partial charge in [0.15, 0.2) is 0 Å². The van der Waals surface area contributed by atoms with Crippen molar-refractivity contribution >= 4 is 29.0 Å². The Bertz CT molecular complexity index is 586. The van der Waals surface area contributed by atoms with E-state index in [1.54, 1.807) is 0 Å².